The third kappa shape index (κ3) is 4.99. The summed E-state index contributed by atoms with van der Waals surface area (Å²) in [7, 11) is 3.06. The second-order valence-electron chi connectivity index (χ2n) is 4.62. The topological polar surface area (TPSA) is 29.5 Å². The molecule has 0 fully saturated rings. The van der Waals surface area contributed by atoms with E-state index in [1.807, 2.05) is 6.08 Å². The van der Waals surface area contributed by atoms with Crippen LogP contribution < -0.4 is 0 Å². The first-order valence-electron chi connectivity index (χ1n) is 5.26. The van der Waals surface area contributed by atoms with Crippen LogP contribution in [-0.4, -0.2) is 25.1 Å². The molecule has 0 aromatic carbocycles. The molecule has 0 saturated carbocycles. The highest BCUT2D eigenvalue weighted by molar-refractivity contribution is 5.91. The Morgan fingerprint density at radius 1 is 1.56 bits per heavy atom. The molecule has 0 spiro atoms. The third-order valence-electron chi connectivity index (χ3n) is 2.44. The molecule has 16 heavy (non-hydrogen) atoms. The van der Waals surface area contributed by atoms with Gasteiger partial charge in [-0.15, -0.1) is 12.3 Å². The van der Waals surface area contributed by atoms with Gasteiger partial charge in [-0.1, -0.05) is 19.9 Å². The third-order valence-corrected chi connectivity index (χ3v) is 2.44. The van der Waals surface area contributed by atoms with Gasteiger partial charge in [0.1, 0.15) is 0 Å². The van der Waals surface area contributed by atoms with Crippen LogP contribution in [0.5, 0.6) is 0 Å². The Labute approximate surface area is 98.4 Å². The molecular weight excluding hydrogens is 202 g/mol. The number of carbonyl (C=O) groups excluding carboxylic acids is 1. The van der Waals surface area contributed by atoms with Crippen LogP contribution in [0.1, 0.15) is 33.6 Å². The van der Waals surface area contributed by atoms with Crippen molar-refractivity contribution < 1.29 is 9.63 Å². The number of rotatable bonds is 5. The van der Waals surface area contributed by atoms with Gasteiger partial charge in [0.25, 0.3) is 5.91 Å². The Morgan fingerprint density at radius 2 is 2.12 bits per heavy atom. The van der Waals surface area contributed by atoms with Crippen molar-refractivity contribution >= 4 is 5.91 Å². The lowest BCUT2D eigenvalue weighted by Crippen LogP contribution is -2.26. The van der Waals surface area contributed by atoms with Gasteiger partial charge in [-0.3, -0.25) is 9.63 Å². The number of nitrogens with zero attached hydrogens (tertiary/aromatic N) is 1. The van der Waals surface area contributed by atoms with Crippen LogP contribution in [-0.2, 0) is 9.63 Å². The first-order valence-corrected chi connectivity index (χ1v) is 5.26. The SMILES string of the molecule is C#CCC(C)(C)C/C=C(\C)C(=O)N(C)OC. The van der Waals surface area contributed by atoms with Gasteiger partial charge in [0, 0.05) is 19.0 Å². The van der Waals surface area contributed by atoms with Gasteiger partial charge >= 0.3 is 0 Å². The van der Waals surface area contributed by atoms with Crippen molar-refractivity contribution in [1.29, 1.82) is 0 Å². The molecule has 0 aliphatic carbocycles. The molecule has 0 radical (unpaired) electrons. The predicted octanol–water partition coefficient (Wildman–Crippen LogP) is 2.39. The molecule has 0 aromatic rings. The first-order chi connectivity index (χ1) is 7.34. The quantitative estimate of drug-likeness (QED) is 0.407. The molecule has 0 unspecified atom stereocenters. The summed E-state index contributed by atoms with van der Waals surface area (Å²) in [4.78, 5) is 16.5. The van der Waals surface area contributed by atoms with Crippen molar-refractivity contribution in [2.45, 2.75) is 33.6 Å². The summed E-state index contributed by atoms with van der Waals surface area (Å²) in [5.41, 5.74) is 0.705. The van der Waals surface area contributed by atoms with Crippen molar-refractivity contribution in [3.63, 3.8) is 0 Å². The van der Waals surface area contributed by atoms with Gasteiger partial charge in [-0.2, -0.15) is 0 Å². The summed E-state index contributed by atoms with van der Waals surface area (Å²) in [6, 6.07) is 0. The van der Waals surface area contributed by atoms with E-state index in [1.54, 1.807) is 14.0 Å². The van der Waals surface area contributed by atoms with Crippen molar-refractivity contribution in [2.75, 3.05) is 14.2 Å². The zero-order valence-electron chi connectivity index (χ0n) is 10.8. The van der Waals surface area contributed by atoms with Crippen LogP contribution in [0, 0.1) is 17.8 Å². The normalized spacial score (nSPS) is 12.1. The molecule has 3 nitrogen and oxygen atoms in total. The molecule has 0 heterocycles. The predicted molar refractivity (Wildman–Crippen MR) is 65.4 cm³/mol. The molecule has 0 atom stereocenters. The number of allylic oxidation sites excluding steroid dienone is 1. The summed E-state index contributed by atoms with van der Waals surface area (Å²) in [5, 5.41) is 1.21. The van der Waals surface area contributed by atoms with Crippen LogP contribution in [0.15, 0.2) is 11.6 Å². The average Bonchev–Trinajstić information content (AvgIpc) is 2.23. The van der Waals surface area contributed by atoms with Crippen molar-refractivity contribution in [3.05, 3.63) is 11.6 Å². The molecule has 0 bridgehead atoms. The van der Waals surface area contributed by atoms with Gasteiger partial charge in [-0.05, 0) is 18.8 Å². The molecule has 90 valence electrons. The van der Waals surface area contributed by atoms with E-state index in [0.29, 0.717) is 12.0 Å². The molecule has 0 aliphatic heterocycles. The van der Waals surface area contributed by atoms with Crippen LogP contribution in [0.3, 0.4) is 0 Å². The minimum atomic E-state index is -0.126. The molecule has 0 aliphatic rings. The van der Waals surface area contributed by atoms with Gasteiger partial charge < -0.3 is 0 Å². The Kier molecular flexibility index (Phi) is 5.84. The maximum Gasteiger partial charge on any atom is 0.272 e. The summed E-state index contributed by atoms with van der Waals surface area (Å²) >= 11 is 0. The maximum absolute atomic E-state index is 11.6. The first kappa shape index (κ1) is 14.7. The van der Waals surface area contributed by atoms with Crippen LogP contribution in [0.25, 0.3) is 0 Å². The highest BCUT2D eigenvalue weighted by atomic mass is 16.7. The lowest BCUT2D eigenvalue weighted by molar-refractivity contribution is -0.163. The van der Waals surface area contributed by atoms with Gasteiger partial charge in [0.2, 0.25) is 0 Å². The highest BCUT2D eigenvalue weighted by Gasteiger charge is 2.16. The molecular formula is C13H21NO2. The summed E-state index contributed by atoms with van der Waals surface area (Å²) in [5.74, 6) is 2.52. The Hall–Kier alpha value is -1.27. The van der Waals surface area contributed by atoms with Crippen molar-refractivity contribution in [1.82, 2.24) is 5.06 Å². The fourth-order valence-corrected chi connectivity index (χ4v) is 1.20. The lowest BCUT2D eigenvalue weighted by Gasteiger charge is -2.20. The summed E-state index contributed by atoms with van der Waals surface area (Å²) in [6.45, 7) is 5.95. The number of hydrogen-bond donors (Lipinski definition) is 0. The Balaban J connectivity index is 4.46. The lowest BCUT2D eigenvalue weighted by atomic mass is 9.85. The van der Waals surface area contributed by atoms with Crippen molar-refractivity contribution in [3.8, 4) is 12.3 Å². The maximum atomic E-state index is 11.6. The van der Waals surface area contributed by atoms with E-state index in [-0.39, 0.29) is 11.3 Å². The van der Waals surface area contributed by atoms with E-state index in [0.717, 1.165) is 6.42 Å². The van der Waals surface area contributed by atoms with E-state index in [1.165, 1.54) is 12.2 Å². The fraction of sp³-hybridized carbons (Fsp3) is 0.615. The minimum absolute atomic E-state index is 0.0297. The number of terminal acetylenes is 1. The van der Waals surface area contributed by atoms with E-state index in [2.05, 4.69) is 19.8 Å². The molecule has 0 aromatic heterocycles. The standard InChI is InChI=1S/C13H21NO2/c1-7-9-13(3,4)10-8-11(2)12(15)14(5)16-6/h1,8H,9-10H2,2-6H3/b11-8+. The number of carbonyl (C=O) groups is 1. The number of amides is 1. The van der Waals surface area contributed by atoms with Gasteiger partial charge in [-0.25, -0.2) is 5.06 Å². The molecule has 0 rings (SSSR count). The average molecular weight is 223 g/mol. The van der Waals surface area contributed by atoms with E-state index >= 15 is 0 Å². The van der Waals surface area contributed by atoms with Crippen LogP contribution >= 0.6 is 0 Å². The smallest absolute Gasteiger partial charge is 0.272 e. The summed E-state index contributed by atoms with van der Waals surface area (Å²) < 4.78 is 0. The van der Waals surface area contributed by atoms with Crippen LogP contribution in [0.4, 0.5) is 0 Å². The number of hydroxylamine groups is 2. The van der Waals surface area contributed by atoms with Crippen LogP contribution in [0.2, 0.25) is 0 Å². The van der Waals surface area contributed by atoms with E-state index in [9.17, 15) is 4.79 Å². The number of hydrogen-bond acceptors (Lipinski definition) is 2. The largest absolute Gasteiger partial charge is 0.274 e. The Bertz CT molecular complexity index is 310. The van der Waals surface area contributed by atoms with Gasteiger partial charge in [0.15, 0.2) is 0 Å². The molecule has 1 amide bonds. The van der Waals surface area contributed by atoms with E-state index < -0.39 is 0 Å². The molecule has 0 saturated heterocycles. The highest BCUT2D eigenvalue weighted by Crippen LogP contribution is 2.25. The minimum Gasteiger partial charge on any atom is -0.274 e. The number of likely N-dealkylation sites (N-methyl/N-ethyl adjacent to an activating group) is 1. The zero-order valence-corrected chi connectivity index (χ0v) is 10.8. The van der Waals surface area contributed by atoms with Gasteiger partial charge in [0.05, 0.1) is 7.11 Å². The fourth-order valence-electron chi connectivity index (χ4n) is 1.20. The second-order valence-corrected chi connectivity index (χ2v) is 4.62. The molecule has 0 N–H and O–H groups in total. The molecule has 3 heteroatoms. The Morgan fingerprint density at radius 3 is 2.56 bits per heavy atom. The van der Waals surface area contributed by atoms with E-state index in [4.69, 9.17) is 11.3 Å². The van der Waals surface area contributed by atoms with Crippen molar-refractivity contribution in [2.24, 2.45) is 5.41 Å². The summed E-state index contributed by atoms with van der Waals surface area (Å²) in [6.07, 6.45) is 8.68. The zero-order chi connectivity index (χ0) is 12.8. The monoisotopic (exact) mass is 223 g/mol. The second kappa shape index (κ2) is 6.34.